The average molecular weight is 366 g/mol. The van der Waals surface area contributed by atoms with Gasteiger partial charge in [-0.05, 0) is 26.7 Å². The SMILES string of the molecule is CC(C)OC(=O)C(CCCNC(=O)C(F)(F)F)NC(=O)C(F)(F)F. The Morgan fingerprint density at radius 1 is 0.958 bits per heavy atom. The summed E-state index contributed by atoms with van der Waals surface area (Å²) in [5.41, 5.74) is 0. The molecular formula is C12H16F6N2O4. The van der Waals surface area contributed by atoms with E-state index in [9.17, 15) is 40.7 Å². The monoisotopic (exact) mass is 366 g/mol. The second-order valence-corrected chi connectivity index (χ2v) is 4.91. The number of carbonyl (C=O) groups excluding carboxylic acids is 3. The van der Waals surface area contributed by atoms with Gasteiger partial charge in [-0.2, -0.15) is 26.3 Å². The molecule has 0 aromatic heterocycles. The zero-order valence-corrected chi connectivity index (χ0v) is 12.7. The molecule has 24 heavy (non-hydrogen) atoms. The van der Waals surface area contributed by atoms with Gasteiger partial charge in [-0.25, -0.2) is 4.79 Å². The minimum absolute atomic E-state index is 0.294. The summed E-state index contributed by atoms with van der Waals surface area (Å²) in [5, 5.41) is 2.90. The molecule has 0 spiro atoms. The van der Waals surface area contributed by atoms with Gasteiger partial charge in [0.05, 0.1) is 6.10 Å². The molecular weight excluding hydrogens is 350 g/mol. The van der Waals surface area contributed by atoms with Crippen molar-refractivity contribution in [3.8, 4) is 0 Å². The third kappa shape index (κ3) is 8.58. The lowest BCUT2D eigenvalue weighted by molar-refractivity contribution is -0.176. The average Bonchev–Trinajstić information content (AvgIpc) is 2.38. The Labute approximate surface area is 132 Å². The van der Waals surface area contributed by atoms with E-state index >= 15 is 0 Å². The summed E-state index contributed by atoms with van der Waals surface area (Å²) in [7, 11) is 0. The Bertz CT molecular complexity index is 461. The van der Waals surface area contributed by atoms with Crippen molar-refractivity contribution < 1.29 is 45.5 Å². The third-order valence-electron chi connectivity index (χ3n) is 2.41. The van der Waals surface area contributed by atoms with E-state index in [0.717, 1.165) is 0 Å². The molecule has 0 aliphatic rings. The number of ether oxygens (including phenoxy) is 1. The van der Waals surface area contributed by atoms with E-state index in [-0.39, 0.29) is 6.42 Å². The second-order valence-electron chi connectivity index (χ2n) is 4.91. The molecule has 2 N–H and O–H groups in total. The van der Waals surface area contributed by atoms with Gasteiger partial charge >= 0.3 is 30.1 Å². The van der Waals surface area contributed by atoms with Gasteiger partial charge in [0.2, 0.25) is 0 Å². The second kappa shape index (κ2) is 8.73. The first-order valence-electron chi connectivity index (χ1n) is 6.68. The molecule has 1 unspecified atom stereocenters. The van der Waals surface area contributed by atoms with E-state index < -0.39 is 55.2 Å². The number of nitrogens with one attached hydrogen (secondary N) is 2. The molecule has 0 bridgehead atoms. The van der Waals surface area contributed by atoms with Crippen LogP contribution in [0.15, 0.2) is 0 Å². The molecule has 0 heterocycles. The normalized spacial score (nSPS) is 13.4. The summed E-state index contributed by atoms with van der Waals surface area (Å²) in [4.78, 5) is 33.1. The van der Waals surface area contributed by atoms with Crippen LogP contribution in [0.3, 0.4) is 0 Å². The van der Waals surface area contributed by atoms with Crippen LogP contribution in [-0.4, -0.2) is 48.8 Å². The van der Waals surface area contributed by atoms with Crippen molar-refractivity contribution in [2.24, 2.45) is 0 Å². The highest BCUT2D eigenvalue weighted by Crippen LogP contribution is 2.16. The van der Waals surface area contributed by atoms with Crippen molar-refractivity contribution in [3.63, 3.8) is 0 Å². The van der Waals surface area contributed by atoms with Gasteiger partial charge in [0.15, 0.2) is 0 Å². The van der Waals surface area contributed by atoms with Crippen LogP contribution in [0.25, 0.3) is 0 Å². The summed E-state index contributed by atoms with van der Waals surface area (Å²) in [6.45, 7) is 2.29. The Kier molecular flexibility index (Phi) is 8.00. The fraction of sp³-hybridized carbons (Fsp3) is 0.750. The number of rotatable bonds is 7. The van der Waals surface area contributed by atoms with Gasteiger partial charge in [0, 0.05) is 6.54 Å². The number of amides is 2. The zero-order chi connectivity index (χ0) is 19.1. The van der Waals surface area contributed by atoms with E-state index in [4.69, 9.17) is 0 Å². The van der Waals surface area contributed by atoms with Crippen molar-refractivity contribution in [2.45, 2.75) is 51.2 Å². The third-order valence-corrected chi connectivity index (χ3v) is 2.41. The molecule has 6 nitrogen and oxygen atoms in total. The molecule has 0 rings (SSSR count). The van der Waals surface area contributed by atoms with Crippen molar-refractivity contribution in [3.05, 3.63) is 0 Å². The topological polar surface area (TPSA) is 84.5 Å². The van der Waals surface area contributed by atoms with Gasteiger partial charge in [-0.15, -0.1) is 0 Å². The van der Waals surface area contributed by atoms with Gasteiger partial charge in [-0.3, -0.25) is 9.59 Å². The summed E-state index contributed by atoms with van der Waals surface area (Å²) < 4.78 is 77.1. The maximum absolute atomic E-state index is 12.2. The van der Waals surface area contributed by atoms with Crippen LogP contribution in [-0.2, 0) is 19.1 Å². The lowest BCUT2D eigenvalue weighted by atomic mass is 10.1. The molecule has 0 saturated heterocycles. The molecule has 0 aromatic rings. The molecule has 0 fully saturated rings. The van der Waals surface area contributed by atoms with Crippen LogP contribution in [0.4, 0.5) is 26.3 Å². The predicted molar refractivity (Wildman–Crippen MR) is 67.5 cm³/mol. The van der Waals surface area contributed by atoms with Crippen molar-refractivity contribution in [1.29, 1.82) is 0 Å². The largest absolute Gasteiger partial charge is 0.471 e. The first-order valence-corrected chi connectivity index (χ1v) is 6.68. The highest BCUT2D eigenvalue weighted by Gasteiger charge is 2.41. The first-order chi connectivity index (χ1) is 10.7. The van der Waals surface area contributed by atoms with E-state index in [1.165, 1.54) is 24.5 Å². The fourth-order valence-electron chi connectivity index (χ4n) is 1.41. The summed E-state index contributed by atoms with van der Waals surface area (Å²) in [6, 6.07) is -1.70. The zero-order valence-electron chi connectivity index (χ0n) is 12.7. The first kappa shape index (κ1) is 22.0. The van der Waals surface area contributed by atoms with E-state index in [1.54, 1.807) is 0 Å². The van der Waals surface area contributed by atoms with Crippen LogP contribution in [0, 0.1) is 0 Å². The van der Waals surface area contributed by atoms with Gasteiger partial charge in [-0.1, -0.05) is 0 Å². The molecule has 2 amide bonds. The minimum atomic E-state index is -5.24. The molecule has 1 atom stereocenters. The smallest absolute Gasteiger partial charge is 0.461 e. The van der Waals surface area contributed by atoms with E-state index in [2.05, 4.69) is 4.74 Å². The van der Waals surface area contributed by atoms with Crippen molar-refractivity contribution in [1.82, 2.24) is 10.6 Å². The Morgan fingerprint density at radius 2 is 1.46 bits per heavy atom. The van der Waals surface area contributed by atoms with Crippen LogP contribution >= 0.6 is 0 Å². The van der Waals surface area contributed by atoms with Gasteiger partial charge in [0.1, 0.15) is 6.04 Å². The van der Waals surface area contributed by atoms with Crippen LogP contribution < -0.4 is 10.6 Å². The quantitative estimate of drug-likeness (QED) is 0.406. The van der Waals surface area contributed by atoms with Gasteiger partial charge < -0.3 is 15.4 Å². The highest BCUT2D eigenvalue weighted by molar-refractivity contribution is 5.87. The molecule has 0 aliphatic heterocycles. The maximum atomic E-state index is 12.2. The Balaban J connectivity index is 4.64. The number of esters is 1. The van der Waals surface area contributed by atoms with Crippen molar-refractivity contribution >= 4 is 17.8 Å². The van der Waals surface area contributed by atoms with E-state index in [1.807, 2.05) is 0 Å². The van der Waals surface area contributed by atoms with Crippen LogP contribution in [0.1, 0.15) is 26.7 Å². The molecule has 0 aromatic carbocycles. The molecule has 0 aliphatic carbocycles. The number of hydrogen-bond donors (Lipinski definition) is 2. The Morgan fingerprint density at radius 3 is 1.88 bits per heavy atom. The highest BCUT2D eigenvalue weighted by atomic mass is 19.4. The molecule has 0 saturated carbocycles. The van der Waals surface area contributed by atoms with Gasteiger partial charge in [0.25, 0.3) is 0 Å². The fourth-order valence-corrected chi connectivity index (χ4v) is 1.41. The minimum Gasteiger partial charge on any atom is -0.461 e. The lowest BCUT2D eigenvalue weighted by Crippen LogP contribution is -2.48. The summed E-state index contributed by atoms with van der Waals surface area (Å²) in [5.74, 6) is -5.76. The van der Waals surface area contributed by atoms with E-state index in [0.29, 0.717) is 0 Å². The lowest BCUT2D eigenvalue weighted by Gasteiger charge is -2.20. The van der Waals surface area contributed by atoms with Crippen LogP contribution in [0.5, 0.6) is 0 Å². The number of carbonyl (C=O) groups is 3. The van der Waals surface area contributed by atoms with Crippen molar-refractivity contribution in [2.75, 3.05) is 6.54 Å². The maximum Gasteiger partial charge on any atom is 0.471 e. The number of hydrogen-bond acceptors (Lipinski definition) is 4. The number of alkyl halides is 6. The summed E-state index contributed by atoms with van der Waals surface area (Å²) in [6.07, 6.45) is -11.8. The molecule has 12 heteroatoms. The summed E-state index contributed by atoms with van der Waals surface area (Å²) >= 11 is 0. The Hall–Kier alpha value is -2.01. The standard InChI is InChI=1S/C12H16F6N2O4/c1-6(2)24-8(21)7(20-10(23)12(16,17)18)4-3-5-19-9(22)11(13,14)15/h6-7H,3-5H2,1-2H3,(H,19,22)(H,20,23). The molecule has 0 radical (unpaired) electrons. The predicted octanol–water partition coefficient (Wildman–Crippen LogP) is 1.44. The van der Waals surface area contributed by atoms with Crippen LogP contribution in [0.2, 0.25) is 0 Å². The molecule has 140 valence electrons. The number of halogens is 6.